The first-order valence-electron chi connectivity index (χ1n) is 7.26. The molecular weight excluding hydrogens is 295 g/mol. The molecule has 0 saturated heterocycles. The van der Waals surface area contributed by atoms with Crippen LogP contribution in [0.1, 0.15) is 62.2 Å². The zero-order valence-corrected chi connectivity index (χ0v) is 13.5. The monoisotopic (exact) mass is 316 g/mol. The highest BCUT2D eigenvalue weighted by molar-refractivity contribution is 6.36. The molecule has 112 valence electrons. The molecule has 1 aromatic carbocycles. The summed E-state index contributed by atoms with van der Waals surface area (Å²) in [6.07, 6.45) is 9.27. The van der Waals surface area contributed by atoms with Crippen LogP contribution in [0.15, 0.2) is 12.1 Å². The maximum absolute atomic E-state index is 11.0. The number of ether oxygens (including phenoxy) is 1. The Morgan fingerprint density at radius 2 is 1.70 bits per heavy atom. The van der Waals surface area contributed by atoms with Gasteiger partial charge in [0.1, 0.15) is 5.75 Å². The Hall–Kier alpha value is -0.730. The van der Waals surface area contributed by atoms with Crippen LogP contribution in [-0.4, -0.2) is 12.9 Å². The van der Waals surface area contributed by atoms with Gasteiger partial charge in [0.2, 0.25) is 0 Å². The fourth-order valence-electron chi connectivity index (χ4n) is 2.05. The first-order valence-corrected chi connectivity index (χ1v) is 8.01. The summed E-state index contributed by atoms with van der Waals surface area (Å²) in [7, 11) is 0. The number of carbonyl (C=O) groups is 1. The van der Waals surface area contributed by atoms with E-state index in [0.29, 0.717) is 28.0 Å². The van der Waals surface area contributed by atoms with Crippen molar-refractivity contribution in [3.05, 3.63) is 27.7 Å². The van der Waals surface area contributed by atoms with Crippen LogP contribution in [0.3, 0.4) is 0 Å². The third kappa shape index (κ3) is 6.15. The van der Waals surface area contributed by atoms with Gasteiger partial charge in [0.25, 0.3) is 0 Å². The molecule has 0 aliphatic heterocycles. The fourth-order valence-corrected chi connectivity index (χ4v) is 2.62. The van der Waals surface area contributed by atoms with Gasteiger partial charge in [0.05, 0.1) is 17.2 Å². The minimum atomic E-state index is 0.391. The second-order valence-corrected chi connectivity index (χ2v) is 5.74. The van der Waals surface area contributed by atoms with Crippen LogP contribution >= 0.6 is 23.2 Å². The van der Waals surface area contributed by atoms with E-state index in [4.69, 9.17) is 27.9 Å². The molecule has 0 aliphatic carbocycles. The SMILES string of the molecule is CCCCCCCCCOc1c(Cl)cc(Cl)cc1C=O. The van der Waals surface area contributed by atoms with E-state index in [1.54, 1.807) is 12.1 Å². The van der Waals surface area contributed by atoms with Crippen LogP contribution in [-0.2, 0) is 0 Å². The number of aldehydes is 1. The summed E-state index contributed by atoms with van der Waals surface area (Å²) in [5.74, 6) is 0.442. The summed E-state index contributed by atoms with van der Waals surface area (Å²) in [6.45, 7) is 2.80. The van der Waals surface area contributed by atoms with Gasteiger partial charge in [0, 0.05) is 5.02 Å². The molecular formula is C16H22Cl2O2. The van der Waals surface area contributed by atoms with Crippen molar-refractivity contribution in [1.82, 2.24) is 0 Å². The molecule has 0 atom stereocenters. The van der Waals surface area contributed by atoms with Crippen molar-refractivity contribution in [1.29, 1.82) is 0 Å². The Morgan fingerprint density at radius 3 is 2.35 bits per heavy atom. The predicted molar refractivity (Wildman–Crippen MR) is 85.3 cm³/mol. The Kier molecular flexibility index (Phi) is 8.72. The van der Waals surface area contributed by atoms with Gasteiger partial charge in [-0.2, -0.15) is 0 Å². The lowest BCUT2D eigenvalue weighted by Crippen LogP contribution is -2.01. The fraction of sp³-hybridized carbons (Fsp3) is 0.562. The number of hydrogen-bond acceptors (Lipinski definition) is 2. The summed E-state index contributed by atoms with van der Waals surface area (Å²) in [6, 6.07) is 3.16. The third-order valence-corrected chi connectivity index (χ3v) is 3.66. The Morgan fingerprint density at radius 1 is 1.05 bits per heavy atom. The molecule has 1 rings (SSSR count). The highest BCUT2D eigenvalue weighted by Gasteiger charge is 2.10. The molecule has 0 unspecified atom stereocenters. The van der Waals surface area contributed by atoms with Crippen LogP contribution in [0.2, 0.25) is 10.0 Å². The average Bonchev–Trinajstić information content (AvgIpc) is 2.43. The largest absolute Gasteiger partial charge is 0.491 e. The van der Waals surface area contributed by atoms with E-state index < -0.39 is 0 Å². The van der Waals surface area contributed by atoms with Crippen molar-refractivity contribution >= 4 is 29.5 Å². The summed E-state index contributed by atoms with van der Waals surface area (Å²) < 4.78 is 5.62. The lowest BCUT2D eigenvalue weighted by molar-refractivity contribution is 0.111. The highest BCUT2D eigenvalue weighted by atomic mass is 35.5. The quantitative estimate of drug-likeness (QED) is 0.394. The van der Waals surface area contributed by atoms with Crippen molar-refractivity contribution in [3.8, 4) is 5.75 Å². The van der Waals surface area contributed by atoms with Crippen LogP contribution in [0.5, 0.6) is 5.75 Å². The normalized spacial score (nSPS) is 10.6. The molecule has 20 heavy (non-hydrogen) atoms. The van der Waals surface area contributed by atoms with Crippen molar-refractivity contribution in [3.63, 3.8) is 0 Å². The molecule has 0 amide bonds. The number of hydrogen-bond donors (Lipinski definition) is 0. The van der Waals surface area contributed by atoms with E-state index in [0.717, 1.165) is 19.1 Å². The van der Waals surface area contributed by atoms with Gasteiger partial charge in [-0.05, 0) is 18.6 Å². The maximum atomic E-state index is 11.0. The summed E-state index contributed by atoms with van der Waals surface area (Å²) in [4.78, 5) is 11.0. The van der Waals surface area contributed by atoms with Gasteiger partial charge in [-0.25, -0.2) is 0 Å². The first kappa shape index (κ1) is 17.3. The molecule has 0 aliphatic rings. The van der Waals surface area contributed by atoms with E-state index in [1.165, 1.54) is 32.1 Å². The van der Waals surface area contributed by atoms with Crippen LogP contribution in [0, 0.1) is 0 Å². The van der Waals surface area contributed by atoms with Crippen molar-refractivity contribution in [2.45, 2.75) is 51.9 Å². The van der Waals surface area contributed by atoms with Gasteiger partial charge in [-0.3, -0.25) is 4.79 Å². The van der Waals surface area contributed by atoms with Gasteiger partial charge >= 0.3 is 0 Å². The number of rotatable bonds is 10. The molecule has 0 radical (unpaired) electrons. The van der Waals surface area contributed by atoms with Crippen molar-refractivity contribution in [2.75, 3.05) is 6.61 Å². The zero-order chi connectivity index (χ0) is 14.8. The molecule has 0 heterocycles. The topological polar surface area (TPSA) is 26.3 Å². The van der Waals surface area contributed by atoms with Crippen LogP contribution < -0.4 is 4.74 Å². The molecule has 0 fully saturated rings. The molecule has 0 saturated carbocycles. The maximum Gasteiger partial charge on any atom is 0.153 e. The smallest absolute Gasteiger partial charge is 0.153 e. The second kappa shape index (κ2) is 10.1. The third-order valence-electron chi connectivity index (χ3n) is 3.16. The van der Waals surface area contributed by atoms with Crippen molar-refractivity contribution < 1.29 is 9.53 Å². The van der Waals surface area contributed by atoms with Gasteiger partial charge in [0.15, 0.2) is 6.29 Å². The van der Waals surface area contributed by atoms with Crippen LogP contribution in [0.4, 0.5) is 0 Å². The minimum absolute atomic E-state index is 0.391. The molecule has 0 N–H and O–H groups in total. The Bertz CT molecular complexity index is 419. The van der Waals surface area contributed by atoms with Gasteiger partial charge in [-0.15, -0.1) is 0 Å². The standard InChI is InChI=1S/C16H22Cl2O2/c1-2-3-4-5-6-7-8-9-20-16-13(12-19)10-14(17)11-15(16)18/h10-12H,2-9H2,1H3. The molecule has 1 aromatic rings. The lowest BCUT2D eigenvalue weighted by Gasteiger charge is -2.10. The van der Waals surface area contributed by atoms with Crippen LogP contribution in [0.25, 0.3) is 0 Å². The number of halogens is 2. The van der Waals surface area contributed by atoms with Gasteiger partial charge in [-0.1, -0.05) is 68.7 Å². The predicted octanol–water partition coefficient (Wildman–Crippen LogP) is 5.94. The summed E-state index contributed by atoms with van der Waals surface area (Å²) in [5.41, 5.74) is 0.408. The molecule has 0 aromatic heterocycles. The van der Waals surface area contributed by atoms with E-state index in [1.807, 2.05) is 0 Å². The van der Waals surface area contributed by atoms with E-state index in [2.05, 4.69) is 6.92 Å². The summed E-state index contributed by atoms with van der Waals surface area (Å²) >= 11 is 11.9. The highest BCUT2D eigenvalue weighted by Crippen LogP contribution is 2.31. The number of benzene rings is 1. The second-order valence-electron chi connectivity index (χ2n) is 4.89. The average molecular weight is 317 g/mol. The zero-order valence-electron chi connectivity index (χ0n) is 12.0. The molecule has 0 spiro atoms. The molecule has 2 nitrogen and oxygen atoms in total. The van der Waals surface area contributed by atoms with E-state index in [9.17, 15) is 4.79 Å². The first-order chi connectivity index (χ1) is 9.69. The minimum Gasteiger partial charge on any atom is -0.491 e. The van der Waals surface area contributed by atoms with E-state index >= 15 is 0 Å². The lowest BCUT2D eigenvalue weighted by atomic mass is 10.1. The Labute approximate surface area is 131 Å². The number of unbranched alkanes of at least 4 members (excludes halogenated alkanes) is 6. The van der Waals surface area contributed by atoms with Crippen molar-refractivity contribution in [2.24, 2.45) is 0 Å². The Balaban J connectivity index is 2.30. The summed E-state index contributed by atoms with van der Waals surface area (Å²) in [5, 5.41) is 0.836. The number of carbonyl (C=O) groups excluding carboxylic acids is 1. The molecule has 0 bridgehead atoms. The molecule has 4 heteroatoms. The van der Waals surface area contributed by atoms with E-state index in [-0.39, 0.29) is 0 Å². The van der Waals surface area contributed by atoms with Gasteiger partial charge < -0.3 is 4.74 Å².